The van der Waals surface area contributed by atoms with Crippen LogP contribution in [-0.4, -0.2) is 4.98 Å². The van der Waals surface area contributed by atoms with Crippen LogP contribution in [0.2, 0.25) is 0 Å². The molecule has 0 bridgehead atoms. The van der Waals surface area contributed by atoms with E-state index in [1.165, 1.54) is 72.1 Å². The van der Waals surface area contributed by atoms with E-state index in [9.17, 15) is 8.78 Å². The van der Waals surface area contributed by atoms with Crippen LogP contribution in [0.15, 0.2) is 194 Å². The highest BCUT2D eigenvalue weighted by atomic mass is 19.1. The van der Waals surface area contributed by atoms with Gasteiger partial charge in [0.1, 0.15) is 11.6 Å². The van der Waals surface area contributed by atoms with Crippen molar-refractivity contribution in [2.24, 2.45) is 0 Å². The molecule has 12 rings (SSSR count). The highest BCUT2D eigenvalue weighted by Crippen LogP contribution is 2.58. The first-order valence-electron chi connectivity index (χ1n) is 21.1. The van der Waals surface area contributed by atoms with Crippen molar-refractivity contribution in [1.29, 1.82) is 0 Å². The van der Waals surface area contributed by atoms with Crippen LogP contribution in [0.4, 0.5) is 42.9 Å². The van der Waals surface area contributed by atoms with Crippen LogP contribution in [0, 0.1) is 11.6 Å². The van der Waals surface area contributed by atoms with E-state index in [4.69, 9.17) is 0 Å². The smallest absolute Gasteiger partial charge is 0.125 e. The van der Waals surface area contributed by atoms with E-state index in [-0.39, 0.29) is 17.0 Å². The lowest BCUT2D eigenvalue weighted by atomic mass is 9.78. The molecule has 0 saturated carbocycles. The van der Waals surface area contributed by atoms with Gasteiger partial charge in [-0.3, -0.25) is 0 Å². The Morgan fingerprint density at radius 3 is 1.48 bits per heavy atom. The molecule has 10 aromatic carbocycles. The first-order valence-corrected chi connectivity index (χ1v) is 21.1. The lowest BCUT2D eigenvalue weighted by Crippen LogP contribution is -2.17. The summed E-state index contributed by atoms with van der Waals surface area (Å²) < 4.78 is 29.6. The highest BCUT2D eigenvalue weighted by Gasteiger charge is 2.40. The molecule has 0 unspecified atom stereocenters. The predicted octanol–water partition coefficient (Wildman–Crippen LogP) is 16.3. The van der Waals surface area contributed by atoms with Crippen molar-refractivity contribution in [1.82, 2.24) is 4.98 Å². The maximum absolute atomic E-state index is 14.8. The minimum Gasteiger partial charge on any atom is -0.354 e. The number of aromatic amines is 1. The quantitative estimate of drug-likeness (QED) is 0.169. The number of benzene rings is 10. The van der Waals surface area contributed by atoms with Crippen LogP contribution in [0.25, 0.3) is 65.3 Å². The summed E-state index contributed by atoms with van der Waals surface area (Å²) in [4.78, 5) is 8.22. The minimum atomic E-state index is -0.373. The number of halogens is 2. The molecule has 0 radical (unpaired) electrons. The maximum atomic E-state index is 14.8. The number of nitrogens with one attached hydrogen (secondary N) is 1. The molecule has 296 valence electrons. The zero-order valence-electron chi connectivity index (χ0n) is 34.1. The van der Waals surface area contributed by atoms with Gasteiger partial charge >= 0.3 is 0 Å². The van der Waals surface area contributed by atoms with Gasteiger partial charge in [0.15, 0.2) is 0 Å². The van der Waals surface area contributed by atoms with E-state index < -0.39 is 0 Å². The van der Waals surface area contributed by atoms with Gasteiger partial charge < -0.3 is 14.8 Å². The molecule has 62 heavy (non-hydrogen) atoms. The van der Waals surface area contributed by atoms with Crippen LogP contribution in [0.5, 0.6) is 0 Å². The standard InChI is InChI=1S/C57H39F2N3/c1-57(2)49-33-41(61(37-17-5-3-6-18-37)39-21-13-15-35(58)31-39)27-29-47(49)53-52-44-24-10-9-23-43(44)51-48-30-28-42(62(38-19-7-4-8-20-38)40-22-14-16-36(59)32-40)34-50(48)60-56(51)54(52)45-25-11-12-26-46(45)55(53)57/h3-34,60H,1-2H3. The van der Waals surface area contributed by atoms with Crippen LogP contribution in [0.1, 0.15) is 25.0 Å². The molecule has 11 aromatic rings. The zero-order chi connectivity index (χ0) is 41.7. The van der Waals surface area contributed by atoms with Crippen LogP contribution >= 0.6 is 0 Å². The molecule has 0 saturated heterocycles. The van der Waals surface area contributed by atoms with Gasteiger partial charge in [0.25, 0.3) is 0 Å². The molecule has 1 heterocycles. The highest BCUT2D eigenvalue weighted by molar-refractivity contribution is 6.39. The van der Waals surface area contributed by atoms with Gasteiger partial charge in [0.05, 0.1) is 5.52 Å². The summed E-state index contributed by atoms with van der Waals surface area (Å²) in [6.07, 6.45) is 0. The molecule has 5 heteroatoms. The first kappa shape index (κ1) is 36.1. The average molecular weight is 804 g/mol. The summed E-state index contributed by atoms with van der Waals surface area (Å²) >= 11 is 0. The molecular weight excluding hydrogens is 765 g/mol. The number of aromatic nitrogens is 1. The van der Waals surface area contributed by atoms with Crippen molar-refractivity contribution in [3.63, 3.8) is 0 Å². The van der Waals surface area contributed by atoms with Crippen molar-refractivity contribution in [3.05, 3.63) is 217 Å². The van der Waals surface area contributed by atoms with Gasteiger partial charge in [-0.05, 0) is 129 Å². The second-order valence-corrected chi connectivity index (χ2v) is 16.9. The largest absolute Gasteiger partial charge is 0.354 e. The van der Waals surface area contributed by atoms with Crippen molar-refractivity contribution >= 4 is 88.2 Å². The Hall–Kier alpha value is -7.76. The first-order chi connectivity index (χ1) is 30.3. The SMILES string of the molecule is CC1(C)c2cc(N(c3ccccc3)c3cccc(F)c3)ccc2-c2c1c1ccccc1c1c3[nH]c4cc(N(c5ccccc5)c5cccc(F)c5)ccc4c3c3ccccc3c21. The van der Waals surface area contributed by atoms with E-state index in [0.29, 0.717) is 0 Å². The number of fused-ring (bicyclic) bond motifs is 15. The Labute approximate surface area is 357 Å². The van der Waals surface area contributed by atoms with Gasteiger partial charge in [-0.15, -0.1) is 0 Å². The molecule has 0 fully saturated rings. The number of rotatable bonds is 6. The summed E-state index contributed by atoms with van der Waals surface area (Å²) in [6, 6.07) is 64.9. The normalized spacial score (nSPS) is 13.0. The average Bonchev–Trinajstić information content (AvgIpc) is 3.79. The second kappa shape index (κ2) is 13.6. The van der Waals surface area contributed by atoms with E-state index >= 15 is 0 Å². The topological polar surface area (TPSA) is 22.3 Å². The number of anilines is 6. The molecule has 3 nitrogen and oxygen atoms in total. The van der Waals surface area contributed by atoms with Gasteiger partial charge in [-0.25, -0.2) is 8.78 Å². The molecule has 1 aromatic heterocycles. The van der Waals surface area contributed by atoms with Gasteiger partial charge in [-0.2, -0.15) is 0 Å². The molecule has 1 aliphatic carbocycles. The second-order valence-electron chi connectivity index (χ2n) is 16.9. The number of nitrogens with zero attached hydrogens (tertiary/aromatic N) is 2. The van der Waals surface area contributed by atoms with Crippen LogP contribution in [0.3, 0.4) is 0 Å². The molecule has 0 amide bonds. The Morgan fingerprint density at radius 1 is 0.403 bits per heavy atom. The van der Waals surface area contributed by atoms with Crippen molar-refractivity contribution < 1.29 is 8.78 Å². The summed E-state index contributed by atoms with van der Waals surface area (Å²) in [6.45, 7) is 4.69. The van der Waals surface area contributed by atoms with Crippen LogP contribution < -0.4 is 9.80 Å². The van der Waals surface area contributed by atoms with E-state index in [0.717, 1.165) is 50.5 Å². The third-order valence-electron chi connectivity index (χ3n) is 13.0. The zero-order valence-corrected chi connectivity index (χ0v) is 34.1. The van der Waals surface area contributed by atoms with Gasteiger partial charge in [-0.1, -0.05) is 123 Å². The Balaban J connectivity index is 1.14. The molecule has 0 atom stereocenters. The monoisotopic (exact) mass is 803 g/mol. The van der Waals surface area contributed by atoms with Crippen molar-refractivity contribution in [2.45, 2.75) is 19.3 Å². The van der Waals surface area contributed by atoms with Gasteiger partial charge in [0, 0.05) is 66.6 Å². The van der Waals surface area contributed by atoms with E-state index in [1.807, 2.05) is 48.5 Å². The molecule has 1 N–H and O–H groups in total. The maximum Gasteiger partial charge on any atom is 0.125 e. The number of hydrogen-bond acceptors (Lipinski definition) is 2. The molecule has 1 aliphatic rings. The lowest BCUT2D eigenvalue weighted by Gasteiger charge is -2.28. The van der Waals surface area contributed by atoms with E-state index in [1.54, 1.807) is 24.3 Å². The molecule has 0 spiro atoms. The Kier molecular flexibility index (Phi) is 7.94. The summed E-state index contributed by atoms with van der Waals surface area (Å²) in [7, 11) is 0. The van der Waals surface area contributed by atoms with Crippen molar-refractivity contribution in [2.75, 3.05) is 9.80 Å². The van der Waals surface area contributed by atoms with Crippen molar-refractivity contribution in [3.8, 4) is 11.1 Å². The molecule has 0 aliphatic heterocycles. The number of H-pyrrole nitrogens is 1. The van der Waals surface area contributed by atoms with Gasteiger partial charge in [0.2, 0.25) is 0 Å². The lowest BCUT2D eigenvalue weighted by molar-refractivity contribution is 0.627. The van der Waals surface area contributed by atoms with Crippen LogP contribution in [-0.2, 0) is 5.41 Å². The number of para-hydroxylation sites is 2. The fraction of sp³-hybridized carbons (Fsp3) is 0.0526. The fourth-order valence-corrected chi connectivity index (χ4v) is 10.4. The number of hydrogen-bond donors (Lipinski definition) is 1. The third-order valence-corrected chi connectivity index (χ3v) is 13.0. The minimum absolute atomic E-state index is 0.276. The fourth-order valence-electron chi connectivity index (χ4n) is 10.4. The Morgan fingerprint density at radius 2 is 0.887 bits per heavy atom. The Bertz CT molecular complexity index is 3590. The summed E-state index contributed by atoms with van der Waals surface area (Å²) in [5.74, 6) is -0.560. The summed E-state index contributed by atoms with van der Waals surface area (Å²) in [5, 5.41) is 9.52. The third kappa shape index (κ3) is 5.34. The van der Waals surface area contributed by atoms with E-state index in [2.05, 4.69) is 138 Å². The summed E-state index contributed by atoms with van der Waals surface area (Å²) in [5.41, 5.74) is 12.0. The predicted molar refractivity (Wildman–Crippen MR) is 255 cm³/mol. The molecular formula is C57H39F2N3.